The Bertz CT molecular complexity index is 348. The average Bonchev–Trinajstić information content (AvgIpc) is 2.17. The van der Waals surface area contributed by atoms with Gasteiger partial charge in [0, 0.05) is 0 Å². The van der Waals surface area contributed by atoms with Crippen molar-refractivity contribution in [1.29, 1.82) is 0 Å². The lowest BCUT2D eigenvalue weighted by atomic mass is 9.86. The molecule has 0 unspecified atom stereocenters. The third kappa shape index (κ3) is 2.82. The second kappa shape index (κ2) is 4.47. The second-order valence-corrected chi connectivity index (χ2v) is 4.55. The van der Waals surface area contributed by atoms with Gasteiger partial charge in [-0.05, 0) is 30.0 Å². The van der Waals surface area contributed by atoms with Crippen LogP contribution in [0.25, 0.3) is 0 Å². The maximum Gasteiger partial charge on any atom is 0.153 e. The van der Waals surface area contributed by atoms with Gasteiger partial charge in [0.2, 0.25) is 0 Å². The van der Waals surface area contributed by atoms with Crippen molar-refractivity contribution in [2.24, 2.45) is 0 Å². The summed E-state index contributed by atoms with van der Waals surface area (Å²) in [4.78, 5) is 10.9. The third-order valence-corrected chi connectivity index (χ3v) is 2.30. The molecular weight excluding hydrogens is 188 g/mol. The average molecular weight is 206 g/mol. The van der Waals surface area contributed by atoms with E-state index >= 15 is 0 Å². The number of hydrogen-bond donors (Lipinski definition) is 0. The fraction of sp³-hybridized carbons (Fsp3) is 0.462. The highest BCUT2D eigenvalue weighted by Gasteiger charge is 2.15. The third-order valence-electron chi connectivity index (χ3n) is 2.30. The molecule has 82 valence electrons. The quantitative estimate of drug-likeness (QED) is 0.710. The predicted octanol–water partition coefficient (Wildman–Crippen LogP) is 3.20. The molecule has 0 saturated carbocycles. The second-order valence-electron chi connectivity index (χ2n) is 4.55. The molecule has 0 aromatic heterocycles. The molecular formula is C13H18O2. The van der Waals surface area contributed by atoms with E-state index in [1.807, 2.05) is 25.1 Å². The summed E-state index contributed by atoms with van der Waals surface area (Å²) >= 11 is 0. The van der Waals surface area contributed by atoms with Crippen LogP contribution in [0.2, 0.25) is 0 Å². The summed E-state index contributed by atoms with van der Waals surface area (Å²) < 4.78 is 5.36. The standard InChI is InChI=1S/C13H18O2/c1-5-15-12-7-6-11(13(2,3)4)8-10(12)9-14/h6-9H,5H2,1-4H3. The van der Waals surface area contributed by atoms with Gasteiger partial charge in [0.1, 0.15) is 5.75 Å². The van der Waals surface area contributed by atoms with Crippen LogP contribution in [-0.2, 0) is 5.41 Å². The summed E-state index contributed by atoms with van der Waals surface area (Å²) in [6, 6.07) is 5.78. The number of benzene rings is 1. The molecule has 0 fully saturated rings. The zero-order valence-electron chi connectivity index (χ0n) is 9.83. The van der Waals surface area contributed by atoms with Crippen LogP contribution < -0.4 is 4.74 Å². The van der Waals surface area contributed by atoms with Gasteiger partial charge in [-0.1, -0.05) is 26.8 Å². The van der Waals surface area contributed by atoms with Crippen molar-refractivity contribution in [3.63, 3.8) is 0 Å². The summed E-state index contributed by atoms with van der Waals surface area (Å²) in [6.07, 6.45) is 0.847. The lowest BCUT2D eigenvalue weighted by Gasteiger charge is -2.20. The Kier molecular flexibility index (Phi) is 3.51. The minimum Gasteiger partial charge on any atom is -0.493 e. The normalized spacial score (nSPS) is 11.2. The first-order valence-corrected chi connectivity index (χ1v) is 5.21. The van der Waals surface area contributed by atoms with Crippen molar-refractivity contribution in [1.82, 2.24) is 0 Å². The van der Waals surface area contributed by atoms with E-state index in [2.05, 4.69) is 20.8 Å². The highest BCUT2D eigenvalue weighted by Crippen LogP contribution is 2.27. The molecule has 0 aliphatic heterocycles. The van der Waals surface area contributed by atoms with Gasteiger partial charge < -0.3 is 4.74 Å². The van der Waals surface area contributed by atoms with Crippen LogP contribution in [0.5, 0.6) is 5.75 Å². The first-order chi connectivity index (χ1) is 6.99. The summed E-state index contributed by atoms with van der Waals surface area (Å²) in [5.74, 6) is 0.667. The first-order valence-electron chi connectivity index (χ1n) is 5.21. The van der Waals surface area contributed by atoms with Crippen LogP contribution in [-0.4, -0.2) is 12.9 Å². The lowest BCUT2D eigenvalue weighted by Crippen LogP contribution is -2.11. The van der Waals surface area contributed by atoms with E-state index in [0.717, 1.165) is 11.8 Å². The largest absolute Gasteiger partial charge is 0.493 e. The van der Waals surface area contributed by atoms with Gasteiger partial charge in [0.25, 0.3) is 0 Å². The molecule has 2 heteroatoms. The van der Waals surface area contributed by atoms with E-state index in [4.69, 9.17) is 4.74 Å². The summed E-state index contributed by atoms with van der Waals surface area (Å²) in [7, 11) is 0. The van der Waals surface area contributed by atoms with Gasteiger partial charge in [0.05, 0.1) is 12.2 Å². The van der Waals surface area contributed by atoms with Crippen molar-refractivity contribution < 1.29 is 9.53 Å². The van der Waals surface area contributed by atoms with Crippen molar-refractivity contribution >= 4 is 6.29 Å². The van der Waals surface area contributed by atoms with Gasteiger partial charge in [-0.15, -0.1) is 0 Å². The number of carbonyl (C=O) groups is 1. The zero-order valence-corrected chi connectivity index (χ0v) is 9.83. The Morgan fingerprint density at radius 3 is 2.47 bits per heavy atom. The molecule has 0 aliphatic rings. The van der Waals surface area contributed by atoms with E-state index in [0.29, 0.717) is 17.9 Å². The van der Waals surface area contributed by atoms with Crippen molar-refractivity contribution in [3.05, 3.63) is 29.3 Å². The number of carbonyl (C=O) groups excluding carboxylic acids is 1. The van der Waals surface area contributed by atoms with Gasteiger partial charge in [-0.3, -0.25) is 4.79 Å². The molecule has 0 amide bonds. The monoisotopic (exact) mass is 206 g/mol. The molecule has 0 saturated heterocycles. The maximum absolute atomic E-state index is 10.9. The van der Waals surface area contributed by atoms with Crippen LogP contribution in [0.3, 0.4) is 0 Å². The van der Waals surface area contributed by atoms with E-state index in [1.165, 1.54) is 0 Å². The molecule has 0 radical (unpaired) electrons. The molecule has 1 aromatic rings. The Morgan fingerprint density at radius 2 is 2.00 bits per heavy atom. The van der Waals surface area contributed by atoms with Crippen LogP contribution >= 0.6 is 0 Å². The van der Waals surface area contributed by atoms with Crippen molar-refractivity contribution in [3.8, 4) is 5.75 Å². The van der Waals surface area contributed by atoms with E-state index in [1.54, 1.807) is 0 Å². The number of rotatable bonds is 3. The van der Waals surface area contributed by atoms with Gasteiger partial charge in [0.15, 0.2) is 6.29 Å². The molecule has 2 nitrogen and oxygen atoms in total. The SMILES string of the molecule is CCOc1ccc(C(C)(C)C)cc1C=O. The fourth-order valence-corrected chi connectivity index (χ4v) is 1.39. The Morgan fingerprint density at radius 1 is 1.33 bits per heavy atom. The minimum absolute atomic E-state index is 0.0580. The van der Waals surface area contributed by atoms with Crippen molar-refractivity contribution in [2.45, 2.75) is 33.1 Å². The Labute approximate surface area is 91.3 Å². The van der Waals surface area contributed by atoms with Crippen LogP contribution in [0.1, 0.15) is 43.6 Å². The maximum atomic E-state index is 10.9. The minimum atomic E-state index is 0.0580. The summed E-state index contributed by atoms with van der Waals surface area (Å²) in [5.41, 5.74) is 1.83. The topological polar surface area (TPSA) is 26.3 Å². The highest BCUT2D eigenvalue weighted by molar-refractivity contribution is 5.79. The summed E-state index contributed by atoms with van der Waals surface area (Å²) in [6.45, 7) is 8.85. The van der Waals surface area contributed by atoms with E-state index < -0.39 is 0 Å². The van der Waals surface area contributed by atoms with Crippen LogP contribution in [0, 0.1) is 0 Å². The first kappa shape index (κ1) is 11.8. The van der Waals surface area contributed by atoms with Crippen molar-refractivity contribution in [2.75, 3.05) is 6.61 Å². The number of aldehydes is 1. The molecule has 0 spiro atoms. The smallest absolute Gasteiger partial charge is 0.153 e. The Hall–Kier alpha value is -1.31. The van der Waals surface area contributed by atoms with Gasteiger partial charge >= 0.3 is 0 Å². The molecule has 0 bridgehead atoms. The lowest BCUT2D eigenvalue weighted by molar-refractivity contribution is 0.111. The van der Waals surface area contributed by atoms with E-state index in [-0.39, 0.29) is 5.41 Å². The fourth-order valence-electron chi connectivity index (χ4n) is 1.39. The number of ether oxygens (including phenoxy) is 1. The Balaban J connectivity index is 3.13. The molecule has 0 atom stereocenters. The van der Waals surface area contributed by atoms with E-state index in [9.17, 15) is 4.79 Å². The zero-order chi connectivity index (χ0) is 11.5. The molecule has 1 aromatic carbocycles. The molecule has 0 aliphatic carbocycles. The number of hydrogen-bond acceptors (Lipinski definition) is 2. The predicted molar refractivity (Wildman–Crippen MR) is 61.7 cm³/mol. The van der Waals surface area contributed by atoms with Gasteiger partial charge in [-0.25, -0.2) is 0 Å². The van der Waals surface area contributed by atoms with Gasteiger partial charge in [-0.2, -0.15) is 0 Å². The summed E-state index contributed by atoms with van der Waals surface area (Å²) in [5, 5.41) is 0. The molecule has 0 N–H and O–H groups in total. The highest BCUT2D eigenvalue weighted by atomic mass is 16.5. The molecule has 0 heterocycles. The molecule has 15 heavy (non-hydrogen) atoms. The van der Waals surface area contributed by atoms with Crippen LogP contribution in [0.15, 0.2) is 18.2 Å². The van der Waals surface area contributed by atoms with Crippen LogP contribution in [0.4, 0.5) is 0 Å². The molecule has 1 rings (SSSR count).